The third-order valence-corrected chi connectivity index (χ3v) is 5.84. The molecule has 2 heterocycles. The molecular weight excluding hydrogens is 344 g/mol. The third kappa shape index (κ3) is 3.41. The Morgan fingerprint density at radius 2 is 1.96 bits per heavy atom. The van der Waals surface area contributed by atoms with Gasteiger partial charge in [0.15, 0.2) is 5.16 Å². The van der Waals surface area contributed by atoms with Gasteiger partial charge in [0.2, 0.25) is 0 Å². The van der Waals surface area contributed by atoms with E-state index < -0.39 is 0 Å². The fourth-order valence-electron chi connectivity index (χ4n) is 3.34. The van der Waals surface area contributed by atoms with Crippen LogP contribution in [0, 0.1) is 6.92 Å². The second-order valence-corrected chi connectivity index (χ2v) is 7.63. The smallest absolute Gasteiger partial charge is 0.266 e. The quantitative estimate of drug-likeness (QED) is 0.508. The van der Waals surface area contributed by atoms with Crippen molar-refractivity contribution in [3.8, 4) is 5.69 Å². The molecule has 1 fully saturated rings. The maximum atomic E-state index is 13.2. The van der Waals surface area contributed by atoms with Crippen molar-refractivity contribution < 1.29 is 4.74 Å². The Morgan fingerprint density at radius 3 is 2.77 bits per heavy atom. The monoisotopic (exact) mass is 366 g/mol. The average Bonchev–Trinajstić information content (AvgIpc) is 2.68. The molecule has 2 aromatic carbocycles. The second kappa shape index (κ2) is 7.64. The molecule has 0 aliphatic carbocycles. The van der Waals surface area contributed by atoms with Crippen molar-refractivity contribution in [2.24, 2.45) is 0 Å². The number of rotatable bonds is 4. The number of nitrogens with zero attached hydrogens (tertiary/aromatic N) is 2. The number of benzene rings is 2. The van der Waals surface area contributed by atoms with Crippen molar-refractivity contribution in [1.29, 1.82) is 0 Å². The molecule has 0 radical (unpaired) electrons. The van der Waals surface area contributed by atoms with Crippen LogP contribution in [0.25, 0.3) is 16.6 Å². The molecule has 0 N–H and O–H groups in total. The molecule has 1 atom stereocenters. The van der Waals surface area contributed by atoms with Crippen LogP contribution in [-0.2, 0) is 4.74 Å². The molecule has 5 heteroatoms. The number of para-hydroxylation sites is 2. The molecule has 1 aliphatic rings. The van der Waals surface area contributed by atoms with Gasteiger partial charge in [-0.25, -0.2) is 4.98 Å². The predicted molar refractivity (Wildman–Crippen MR) is 106 cm³/mol. The first-order valence-electron chi connectivity index (χ1n) is 9.06. The minimum atomic E-state index is -0.0167. The number of aromatic nitrogens is 2. The second-order valence-electron chi connectivity index (χ2n) is 6.64. The van der Waals surface area contributed by atoms with Crippen LogP contribution in [0.3, 0.4) is 0 Å². The van der Waals surface area contributed by atoms with Crippen molar-refractivity contribution in [1.82, 2.24) is 9.55 Å². The summed E-state index contributed by atoms with van der Waals surface area (Å²) >= 11 is 1.61. The molecule has 26 heavy (non-hydrogen) atoms. The van der Waals surface area contributed by atoms with Crippen molar-refractivity contribution in [3.05, 3.63) is 64.4 Å². The summed E-state index contributed by atoms with van der Waals surface area (Å²) in [5, 5.41) is 1.38. The fourth-order valence-corrected chi connectivity index (χ4v) is 4.41. The Morgan fingerprint density at radius 1 is 1.15 bits per heavy atom. The van der Waals surface area contributed by atoms with Crippen LogP contribution in [0.5, 0.6) is 0 Å². The standard InChI is InChI=1S/C21H22N2O2S/c1-15-8-2-5-12-19(15)23-20(24)17-10-3-4-11-18(17)22-21(23)26-14-16-9-6-7-13-25-16/h2-5,8,10-12,16H,6-7,9,13-14H2,1H3/t16-/m1/s1. The first kappa shape index (κ1) is 17.3. The lowest BCUT2D eigenvalue weighted by molar-refractivity contribution is 0.0315. The van der Waals surface area contributed by atoms with Gasteiger partial charge in [-0.1, -0.05) is 42.1 Å². The highest BCUT2D eigenvalue weighted by Gasteiger charge is 2.18. The molecule has 1 aliphatic heterocycles. The highest BCUT2D eigenvalue weighted by molar-refractivity contribution is 7.99. The van der Waals surface area contributed by atoms with Gasteiger partial charge in [-0.3, -0.25) is 9.36 Å². The number of fused-ring (bicyclic) bond motifs is 1. The van der Waals surface area contributed by atoms with Gasteiger partial charge < -0.3 is 4.74 Å². The maximum absolute atomic E-state index is 13.2. The van der Waals surface area contributed by atoms with E-state index in [9.17, 15) is 4.79 Å². The van der Waals surface area contributed by atoms with E-state index in [-0.39, 0.29) is 11.7 Å². The van der Waals surface area contributed by atoms with Gasteiger partial charge >= 0.3 is 0 Å². The van der Waals surface area contributed by atoms with E-state index in [4.69, 9.17) is 9.72 Å². The van der Waals surface area contributed by atoms with Crippen LogP contribution in [0.4, 0.5) is 0 Å². The van der Waals surface area contributed by atoms with E-state index in [2.05, 4.69) is 0 Å². The van der Waals surface area contributed by atoms with Crippen molar-refractivity contribution >= 4 is 22.7 Å². The summed E-state index contributed by atoms with van der Waals surface area (Å²) < 4.78 is 7.61. The van der Waals surface area contributed by atoms with Crippen molar-refractivity contribution in [2.45, 2.75) is 37.4 Å². The highest BCUT2D eigenvalue weighted by Crippen LogP contribution is 2.26. The number of hydrogen-bond donors (Lipinski definition) is 0. The highest BCUT2D eigenvalue weighted by atomic mass is 32.2. The Bertz CT molecular complexity index is 977. The van der Waals surface area contributed by atoms with Gasteiger partial charge in [0, 0.05) is 12.4 Å². The topological polar surface area (TPSA) is 44.1 Å². The molecular formula is C21H22N2O2S. The Labute approximate surface area is 157 Å². The van der Waals surface area contributed by atoms with Crippen molar-refractivity contribution in [3.63, 3.8) is 0 Å². The number of hydrogen-bond acceptors (Lipinski definition) is 4. The van der Waals surface area contributed by atoms with Gasteiger partial charge in [0.25, 0.3) is 5.56 Å². The lowest BCUT2D eigenvalue weighted by atomic mass is 10.1. The fraction of sp³-hybridized carbons (Fsp3) is 0.333. The summed E-state index contributed by atoms with van der Waals surface area (Å²) in [5.74, 6) is 0.816. The van der Waals surface area contributed by atoms with E-state index in [1.54, 1.807) is 16.3 Å². The van der Waals surface area contributed by atoms with E-state index in [1.807, 2.05) is 55.5 Å². The molecule has 0 bridgehead atoms. The zero-order chi connectivity index (χ0) is 17.9. The van der Waals surface area contributed by atoms with E-state index >= 15 is 0 Å². The first-order chi connectivity index (χ1) is 12.7. The Hall–Kier alpha value is -2.11. The summed E-state index contributed by atoms with van der Waals surface area (Å²) in [4.78, 5) is 18.0. The molecule has 0 spiro atoms. The van der Waals surface area contributed by atoms with E-state index in [0.717, 1.165) is 47.1 Å². The van der Waals surface area contributed by atoms with Gasteiger partial charge in [-0.05, 0) is 49.9 Å². The van der Waals surface area contributed by atoms with Crippen LogP contribution in [-0.4, -0.2) is 28.0 Å². The minimum absolute atomic E-state index is 0.0167. The average molecular weight is 366 g/mol. The van der Waals surface area contributed by atoms with E-state index in [1.165, 1.54) is 6.42 Å². The van der Waals surface area contributed by atoms with Crippen LogP contribution in [0.15, 0.2) is 58.5 Å². The van der Waals surface area contributed by atoms with Gasteiger partial charge in [-0.2, -0.15) is 0 Å². The summed E-state index contributed by atoms with van der Waals surface area (Å²) in [6.07, 6.45) is 3.67. The van der Waals surface area contributed by atoms with E-state index in [0.29, 0.717) is 5.39 Å². The minimum Gasteiger partial charge on any atom is -0.377 e. The molecule has 1 saturated heterocycles. The third-order valence-electron chi connectivity index (χ3n) is 4.77. The number of ether oxygens (including phenoxy) is 1. The zero-order valence-electron chi connectivity index (χ0n) is 14.9. The number of aryl methyl sites for hydroxylation is 1. The molecule has 0 amide bonds. The van der Waals surface area contributed by atoms with Crippen LogP contribution in [0.2, 0.25) is 0 Å². The van der Waals surface area contributed by atoms with Crippen LogP contribution in [0.1, 0.15) is 24.8 Å². The SMILES string of the molecule is Cc1ccccc1-n1c(SC[C@H]2CCCCO2)nc2ccccc2c1=O. The molecule has 134 valence electrons. The first-order valence-corrected chi connectivity index (χ1v) is 10.0. The summed E-state index contributed by atoms with van der Waals surface area (Å²) in [7, 11) is 0. The normalized spacial score (nSPS) is 17.5. The van der Waals surface area contributed by atoms with Gasteiger partial charge in [0.1, 0.15) is 0 Å². The Kier molecular flexibility index (Phi) is 5.09. The molecule has 4 rings (SSSR count). The molecule has 0 unspecified atom stereocenters. The largest absolute Gasteiger partial charge is 0.377 e. The molecule has 4 nitrogen and oxygen atoms in total. The lowest BCUT2D eigenvalue weighted by Gasteiger charge is -2.22. The van der Waals surface area contributed by atoms with Crippen LogP contribution >= 0.6 is 11.8 Å². The molecule has 3 aromatic rings. The summed E-state index contributed by atoms with van der Waals surface area (Å²) in [6, 6.07) is 15.5. The predicted octanol–water partition coefficient (Wildman–Crippen LogP) is 4.36. The van der Waals surface area contributed by atoms with Gasteiger partial charge in [-0.15, -0.1) is 0 Å². The zero-order valence-corrected chi connectivity index (χ0v) is 15.7. The van der Waals surface area contributed by atoms with Crippen molar-refractivity contribution in [2.75, 3.05) is 12.4 Å². The Balaban J connectivity index is 1.80. The molecule has 0 saturated carbocycles. The summed E-state index contributed by atoms with van der Waals surface area (Å²) in [5.41, 5.74) is 2.68. The maximum Gasteiger partial charge on any atom is 0.266 e. The molecule has 1 aromatic heterocycles. The lowest BCUT2D eigenvalue weighted by Crippen LogP contribution is -2.25. The summed E-state index contributed by atoms with van der Waals surface area (Å²) in [6.45, 7) is 2.86. The van der Waals surface area contributed by atoms with Crippen LogP contribution < -0.4 is 5.56 Å². The van der Waals surface area contributed by atoms with Gasteiger partial charge in [0.05, 0.1) is 22.7 Å². The number of thioether (sulfide) groups is 1.